The first-order valence-electron chi connectivity index (χ1n) is 7.39. The second-order valence-electron chi connectivity index (χ2n) is 5.39. The summed E-state index contributed by atoms with van der Waals surface area (Å²) in [6.07, 6.45) is 3.68. The van der Waals surface area contributed by atoms with Crippen molar-refractivity contribution >= 4 is 5.82 Å². The van der Waals surface area contributed by atoms with Crippen molar-refractivity contribution in [3.63, 3.8) is 0 Å². The number of ether oxygens (including phenoxy) is 1. The summed E-state index contributed by atoms with van der Waals surface area (Å²) < 4.78 is 31.6. The molecular weight excluding hydrogens is 300 g/mol. The zero-order valence-corrected chi connectivity index (χ0v) is 12.5. The van der Waals surface area contributed by atoms with Crippen molar-refractivity contribution in [1.29, 1.82) is 0 Å². The number of halogens is 2. The minimum atomic E-state index is -0.688. The Bertz CT molecular complexity index is 677. The van der Waals surface area contributed by atoms with Gasteiger partial charge in [-0.05, 0) is 31.5 Å². The Morgan fingerprint density at radius 1 is 1.22 bits per heavy atom. The molecule has 0 amide bonds. The summed E-state index contributed by atoms with van der Waals surface area (Å²) >= 11 is 0. The minimum Gasteiger partial charge on any atom is -0.456 e. The Kier molecular flexibility index (Phi) is 4.52. The molecule has 23 heavy (non-hydrogen) atoms. The van der Waals surface area contributed by atoms with Gasteiger partial charge < -0.3 is 15.4 Å². The third-order valence-corrected chi connectivity index (χ3v) is 3.58. The van der Waals surface area contributed by atoms with Crippen LogP contribution in [0, 0.1) is 11.6 Å². The van der Waals surface area contributed by atoms with Crippen molar-refractivity contribution in [3.05, 3.63) is 60.4 Å². The van der Waals surface area contributed by atoms with Gasteiger partial charge >= 0.3 is 0 Å². The van der Waals surface area contributed by atoms with Gasteiger partial charge in [0.1, 0.15) is 29.0 Å². The van der Waals surface area contributed by atoms with Crippen molar-refractivity contribution in [2.75, 3.05) is 11.9 Å². The van der Waals surface area contributed by atoms with Crippen LogP contribution in [0.2, 0.25) is 0 Å². The molecule has 0 spiro atoms. The summed E-state index contributed by atoms with van der Waals surface area (Å²) in [6.45, 7) is 5.01. The molecule has 4 nitrogen and oxygen atoms in total. The summed E-state index contributed by atoms with van der Waals surface area (Å²) in [5.41, 5.74) is 0.871. The third-order valence-electron chi connectivity index (χ3n) is 3.58. The van der Waals surface area contributed by atoms with Crippen LogP contribution in [0.25, 0.3) is 0 Å². The van der Waals surface area contributed by atoms with Crippen LogP contribution in [0.5, 0.6) is 11.5 Å². The van der Waals surface area contributed by atoms with Crippen LogP contribution in [0.1, 0.15) is 12.8 Å². The maximum absolute atomic E-state index is 13.1. The highest BCUT2D eigenvalue weighted by Crippen LogP contribution is 2.24. The Labute approximate surface area is 133 Å². The van der Waals surface area contributed by atoms with Gasteiger partial charge in [0, 0.05) is 29.9 Å². The van der Waals surface area contributed by atoms with Gasteiger partial charge in [0.05, 0.1) is 6.20 Å². The average molecular weight is 317 g/mol. The first-order chi connectivity index (χ1) is 11.1. The number of nitrogens with one attached hydrogen (secondary N) is 2. The maximum atomic E-state index is 13.1. The fraction of sp³-hybridized carbons (Fsp3) is 0.235. The van der Waals surface area contributed by atoms with E-state index in [9.17, 15) is 8.78 Å². The first kappa shape index (κ1) is 15.4. The van der Waals surface area contributed by atoms with Gasteiger partial charge in [-0.25, -0.2) is 13.8 Å². The number of pyridine rings is 1. The highest BCUT2D eigenvalue weighted by molar-refractivity contribution is 5.44. The SMILES string of the molecule is C=C(Nc1ccc(Oc2cc(F)cc(F)c2)cn1)[C@@H]1CCCN1. The van der Waals surface area contributed by atoms with Gasteiger partial charge in [-0.15, -0.1) is 0 Å². The van der Waals surface area contributed by atoms with E-state index >= 15 is 0 Å². The van der Waals surface area contributed by atoms with Crippen molar-refractivity contribution in [2.45, 2.75) is 18.9 Å². The van der Waals surface area contributed by atoms with Gasteiger partial charge in [-0.1, -0.05) is 6.58 Å². The zero-order valence-electron chi connectivity index (χ0n) is 12.5. The number of anilines is 1. The summed E-state index contributed by atoms with van der Waals surface area (Å²) in [4.78, 5) is 4.22. The lowest BCUT2D eigenvalue weighted by Gasteiger charge is -2.15. The van der Waals surface area contributed by atoms with Crippen LogP contribution in [0.3, 0.4) is 0 Å². The monoisotopic (exact) mass is 317 g/mol. The lowest BCUT2D eigenvalue weighted by atomic mass is 10.2. The largest absolute Gasteiger partial charge is 0.456 e. The standard InChI is InChI=1S/C17H17F2N3O/c1-11(16-3-2-6-20-16)22-17-5-4-14(10-21-17)23-15-8-12(18)7-13(19)9-15/h4-5,7-10,16,20H,1-3,6H2,(H,21,22)/t16-/m0/s1. The number of benzene rings is 1. The van der Waals surface area contributed by atoms with Crippen LogP contribution < -0.4 is 15.4 Å². The number of aromatic nitrogens is 1. The molecule has 0 radical (unpaired) electrons. The van der Waals surface area contributed by atoms with E-state index in [-0.39, 0.29) is 11.8 Å². The predicted octanol–water partition coefficient (Wildman–Crippen LogP) is 3.83. The Hall–Kier alpha value is -2.47. The lowest BCUT2D eigenvalue weighted by molar-refractivity contribution is 0.466. The maximum Gasteiger partial charge on any atom is 0.145 e. The highest BCUT2D eigenvalue weighted by Gasteiger charge is 2.17. The molecule has 0 saturated carbocycles. The highest BCUT2D eigenvalue weighted by atomic mass is 19.1. The molecule has 2 aromatic rings. The van der Waals surface area contributed by atoms with Gasteiger partial charge in [0.25, 0.3) is 0 Å². The van der Waals surface area contributed by atoms with E-state index in [2.05, 4.69) is 22.2 Å². The van der Waals surface area contributed by atoms with Crippen molar-refractivity contribution < 1.29 is 13.5 Å². The summed E-state index contributed by atoms with van der Waals surface area (Å²) in [5, 5.41) is 6.50. The Morgan fingerprint density at radius 2 is 2.00 bits per heavy atom. The van der Waals surface area contributed by atoms with Crippen LogP contribution in [-0.4, -0.2) is 17.6 Å². The molecular formula is C17H17F2N3O. The number of hydrogen-bond donors (Lipinski definition) is 2. The van der Waals surface area contributed by atoms with E-state index in [0.717, 1.165) is 43.3 Å². The van der Waals surface area contributed by atoms with E-state index < -0.39 is 11.6 Å². The molecule has 2 N–H and O–H groups in total. The molecule has 1 aliphatic rings. The Balaban J connectivity index is 1.63. The summed E-state index contributed by atoms with van der Waals surface area (Å²) in [7, 11) is 0. The number of nitrogens with zero attached hydrogens (tertiary/aromatic N) is 1. The molecule has 0 aliphatic carbocycles. The Morgan fingerprint density at radius 3 is 2.61 bits per heavy atom. The number of rotatable bonds is 5. The minimum absolute atomic E-state index is 0.0876. The molecule has 1 atom stereocenters. The second-order valence-corrected chi connectivity index (χ2v) is 5.39. The molecule has 6 heteroatoms. The molecule has 120 valence electrons. The third kappa shape index (κ3) is 4.04. The topological polar surface area (TPSA) is 46.2 Å². The fourth-order valence-electron chi connectivity index (χ4n) is 2.47. The summed E-state index contributed by atoms with van der Waals surface area (Å²) in [6, 6.07) is 6.67. The molecule has 1 aromatic heterocycles. The van der Waals surface area contributed by atoms with Gasteiger partial charge in [0.15, 0.2) is 0 Å². The van der Waals surface area contributed by atoms with E-state index in [1.807, 2.05) is 0 Å². The smallest absolute Gasteiger partial charge is 0.145 e. The first-order valence-corrected chi connectivity index (χ1v) is 7.39. The molecule has 3 rings (SSSR count). The van der Waals surface area contributed by atoms with E-state index in [1.54, 1.807) is 12.1 Å². The average Bonchev–Trinajstić information content (AvgIpc) is 3.02. The van der Waals surface area contributed by atoms with E-state index in [4.69, 9.17) is 4.74 Å². The quantitative estimate of drug-likeness (QED) is 0.880. The van der Waals surface area contributed by atoms with Crippen LogP contribution in [0.4, 0.5) is 14.6 Å². The van der Waals surface area contributed by atoms with Gasteiger partial charge in [-0.2, -0.15) is 0 Å². The molecule has 1 aliphatic heterocycles. The van der Waals surface area contributed by atoms with E-state index in [1.165, 1.54) is 6.20 Å². The van der Waals surface area contributed by atoms with Crippen molar-refractivity contribution in [3.8, 4) is 11.5 Å². The summed E-state index contributed by atoms with van der Waals surface area (Å²) in [5.74, 6) is -0.255. The van der Waals surface area contributed by atoms with Crippen LogP contribution >= 0.6 is 0 Å². The molecule has 0 bridgehead atoms. The molecule has 0 unspecified atom stereocenters. The van der Waals surface area contributed by atoms with Crippen molar-refractivity contribution in [2.24, 2.45) is 0 Å². The van der Waals surface area contributed by atoms with Gasteiger partial charge in [-0.3, -0.25) is 0 Å². The van der Waals surface area contributed by atoms with Crippen molar-refractivity contribution in [1.82, 2.24) is 10.3 Å². The molecule has 1 saturated heterocycles. The zero-order chi connectivity index (χ0) is 16.2. The lowest BCUT2D eigenvalue weighted by Crippen LogP contribution is -2.26. The number of hydrogen-bond acceptors (Lipinski definition) is 4. The molecule has 1 fully saturated rings. The normalized spacial score (nSPS) is 17.0. The van der Waals surface area contributed by atoms with Gasteiger partial charge in [0.2, 0.25) is 0 Å². The van der Waals surface area contributed by atoms with Crippen LogP contribution in [0.15, 0.2) is 48.8 Å². The second kappa shape index (κ2) is 6.75. The van der Waals surface area contributed by atoms with Crippen LogP contribution in [-0.2, 0) is 0 Å². The predicted molar refractivity (Wildman–Crippen MR) is 84.5 cm³/mol. The molecule has 2 heterocycles. The van der Waals surface area contributed by atoms with E-state index in [0.29, 0.717) is 11.6 Å². The fourth-order valence-corrected chi connectivity index (χ4v) is 2.47. The molecule has 1 aromatic carbocycles.